The monoisotopic (exact) mass is 355 g/mol. The zero-order chi connectivity index (χ0) is 17.9. The summed E-state index contributed by atoms with van der Waals surface area (Å²) in [4.78, 5) is 23.9. The topological polar surface area (TPSA) is 75.6 Å². The summed E-state index contributed by atoms with van der Waals surface area (Å²) in [6, 6.07) is 6.60. The molecule has 0 spiro atoms. The number of hydrogen-bond donors (Lipinski definition) is 2. The molecule has 126 valence electrons. The number of ether oxygens (including phenoxy) is 1. The molecule has 0 aliphatic heterocycles. The number of halogens is 3. The predicted molar refractivity (Wildman–Crippen MR) is 83.0 cm³/mol. The van der Waals surface area contributed by atoms with Crippen molar-refractivity contribution in [1.29, 1.82) is 0 Å². The van der Waals surface area contributed by atoms with Crippen molar-refractivity contribution >= 4 is 29.2 Å². The fraction of sp³-hybridized carbons (Fsp3) is 0.125. The summed E-state index contributed by atoms with van der Waals surface area (Å²) in [7, 11) is 0. The van der Waals surface area contributed by atoms with Crippen molar-refractivity contribution in [3.8, 4) is 5.75 Å². The van der Waals surface area contributed by atoms with Crippen molar-refractivity contribution in [1.82, 2.24) is 0 Å². The molecule has 2 N–H and O–H groups in total. The molecule has 0 saturated heterocycles. The van der Waals surface area contributed by atoms with Gasteiger partial charge in [0.05, 0.1) is 0 Å². The molecule has 0 fully saturated rings. The number of carbonyl (C=O) groups is 2. The van der Waals surface area contributed by atoms with Crippen molar-refractivity contribution < 1.29 is 28.2 Å². The Balaban J connectivity index is 2.02. The summed E-state index contributed by atoms with van der Waals surface area (Å²) >= 11 is 5.66. The highest BCUT2D eigenvalue weighted by atomic mass is 35.5. The average molecular weight is 356 g/mol. The molecule has 24 heavy (non-hydrogen) atoms. The summed E-state index contributed by atoms with van der Waals surface area (Å²) in [6.07, 6.45) is -1.24. The first-order valence-corrected chi connectivity index (χ1v) is 7.11. The summed E-state index contributed by atoms with van der Waals surface area (Å²) in [5, 5.41) is 12.2. The maximum Gasteiger partial charge on any atom is 0.342 e. The zero-order valence-electron chi connectivity index (χ0n) is 12.3. The summed E-state index contributed by atoms with van der Waals surface area (Å²) in [6.45, 7) is 1.29. The van der Waals surface area contributed by atoms with E-state index in [9.17, 15) is 23.5 Å². The SMILES string of the molecule is C[C@@H](OC(=O)c1ccc(Cl)cc1O)C(=O)Nc1ccc(F)c(F)c1. The van der Waals surface area contributed by atoms with Gasteiger partial charge >= 0.3 is 5.97 Å². The van der Waals surface area contributed by atoms with Gasteiger partial charge in [0.1, 0.15) is 11.3 Å². The summed E-state index contributed by atoms with van der Waals surface area (Å²) in [5.74, 6) is -4.24. The van der Waals surface area contributed by atoms with Crippen LogP contribution in [0.15, 0.2) is 36.4 Å². The number of carbonyl (C=O) groups excluding carboxylic acids is 2. The predicted octanol–water partition coefficient (Wildman–Crippen LogP) is 3.51. The van der Waals surface area contributed by atoms with Gasteiger partial charge in [-0.05, 0) is 37.3 Å². The van der Waals surface area contributed by atoms with Gasteiger partial charge in [-0.25, -0.2) is 13.6 Å². The number of amides is 1. The lowest BCUT2D eigenvalue weighted by molar-refractivity contribution is -0.123. The normalized spacial score (nSPS) is 11.7. The number of phenolic OH excluding ortho intramolecular Hbond substituents is 1. The Morgan fingerprint density at radius 2 is 1.88 bits per heavy atom. The quantitative estimate of drug-likeness (QED) is 0.823. The van der Waals surface area contributed by atoms with Crippen molar-refractivity contribution in [2.45, 2.75) is 13.0 Å². The highest BCUT2D eigenvalue weighted by Crippen LogP contribution is 2.23. The van der Waals surface area contributed by atoms with Crippen LogP contribution in [-0.2, 0) is 9.53 Å². The number of esters is 1. The lowest BCUT2D eigenvalue weighted by atomic mass is 10.2. The van der Waals surface area contributed by atoms with Gasteiger partial charge in [-0.3, -0.25) is 4.79 Å². The van der Waals surface area contributed by atoms with Gasteiger partial charge in [-0.1, -0.05) is 11.6 Å². The second-order valence-electron chi connectivity index (χ2n) is 4.83. The Kier molecular flexibility index (Phi) is 5.35. The molecule has 1 amide bonds. The van der Waals surface area contributed by atoms with Gasteiger partial charge < -0.3 is 15.2 Å². The number of anilines is 1. The minimum absolute atomic E-state index is 0.0103. The first-order chi connectivity index (χ1) is 11.3. The Bertz CT molecular complexity index is 798. The fourth-order valence-corrected chi connectivity index (χ4v) is 1.94. The maximum absolute atomic E-state index is 13.1. The molecule has 0 aliphatic rings. The van der Waals surface area contributed by atoms with Gasteiger partial charge in [0.2, 0.25) is 0 Å². The molecular weight excluding hydrogens is 344 g/mol. The lowest BCUT2D eigenvalue weighted by Gasteiger charge is -2.14. The van der Waals surface area contributed by atoms with Crippen LogP contribution in [0.1, 0.15) is 17.3 Å². The van der Waals surface area contributed by atoms with Gasteiger partial charge in [0.25, 0.3) is 5.91 Å². The number of nitrogens with one attached hydrogen (secondary N) is 1. The number of rotatable bonds is 4. The Morgan fingerprint density at radius 1 is 1.17 bits per heavy atom. The molecule has 0 heterocycles. The van der Waals surface area contributed by atoms with E-state index in [2.05, 4.69) is 5.32 Å². The van der Waals surface area contributed by atoms with Crippen LogP contribution in [0.25, 0.3) is 0 Å². The molecule has 2 rings (SSSR count). The molecule has 5 nitrogen and oxygen atoms in total. The van der Waals surface area contributed by atoms with Gasteiger partial charge in [0.15, 0.2) is 17.7 Å². The van der Waals surface area contributed by atoms with Crippen molar-refractivity contribution in [3.63, 3.8) is 0 Å². The standard InChI is InChI=1S/C16H12ClF2NO4/c1-8(15(22)20-10-3-5-12(18)13(19)7-10)24-16(23)11-4-2-9(17)6-14(11)21/h2-8,21H,1H3,(H,20,22)/t8-/m1/s1. The molecule has 8 heteroatoms. The number of phenols is 1. The molecule has 2 aromatic rings. The van der Waals surface area contributed by atoms with Gasteiger partial charge in [0, 0.05) is 16.8 Å². The van der Waals surface area contributed by atoms with Crippen LogP contribution in [0, 0.1) is 11.6 Å². The van der Waals surface area contributed by atoms with E-state index in [-0.39, 0.29) is 22.0 Å². The highest BCUT2D eigenvalue weighted by Gasteiger charge is 2.21. The minimum Gasteiger partial charge on any atom is -0.507 e. The summed E-state index contributed by atoms with van der Waals surface area (Å²) < 4.78 is 30.8. The lowest BCUT2D eigenvalue weighted by Crippen LogP contribution is -2.30. The smallest absolute Gasteiger partial charge is 0.342 e. The third-order valence-corrected chi connectivity index (χ3v) is 3.25. The molecule has 0 unspecified atom stereocenters. The Hall–Kier alpha value is -2.67. The molecule has 1 atom stereocenters. The first-order valence-electron chi connectivity index (χ1n) is 6.73. The van der Waals surface area contributed by atoms with E-state index in [1.165, 1.54) is 19.1 Å². The van der Waals surface area contributed by atoms with Crippen LogP contribution in [0.3, 0.4) is 0 Å². The molecule has 0 saturated carbocycles. The molecule has 0 aliphatic carbocycles. The third kappa shape index (κ3) is 4.20. The van der Waals surface area contributed by atoms with Crippen LogP contribution in [0.2, 0.25) is 5.02 Å². The largest absolute Gasteiger partial charge is 0.507 e. The van der Waals surface area contributed by atoms with Crippen LogP contribution in [-0.4, -0.2) is 23.1 Å². The molecule has 0 radical (unpaired) electrons. The van der Waals surface area contributed by atoms with Gasteiger partial charge in [-0.15, -0.1) is 0 Å². The minimum atomic E-state index is -1.24. The van der Waals surface area contributed by atoms with E-state index in [0.717, 1.165) is 24.3 Å². The van der Waals surface area contributed by atoms with Crippen molar-refractivity contribution in [2.24, 2.45) is 0 Å². The van der Waals surface area contributed by atoms with Crippen LogP contribution in [0.4, 0.5) is 14.5 Å². The second-order valence-corrected chi connectivity index (χ2v) is 5.26. The molecule has 0 aromatic heterocycles. The van der Waals surface area contributed by atoms with Gasteiger partial charge in [-0.2, -0.15) is 0 Å². The van der Waals surface area contributed by atoms with E-state index >= 15 is 0 Å². The Morgan fingerprint density at radius 3 is 2.50 bits per heavy atom. The number of hydrogen-bond acceptors (Lipinski definition) is 4. The van der Waals surface area contributed by atoms with Crippen LogP contribution >= 0.6 is 11.6 Å². The van der Waals surface area contributed by atoms with Crippen molar-refractivity contribution in [3.05, 3.63) is 58.6 Å². The molecule has 0 bridgehead atoms. The summed E-state index contributed by atoms with van der Waals surface area (Å²) in [5.41, 5.74) is -0.150. The average Bonchev–Trinajstić information content (AvgIpc) is 2.50. The highest BCUT2D eigenvalue weighted by molar-refractivity contribution is 6.30. The third-order valence-electron chi connectivity index (χ3n) is 3.02. The van der Waals surface area contributed by atoms with Crippen LogP contribution in [0.5, 0.6) is 5.75 Å². The van der Waals surface area contributed by atoms with E-state index < -0.39 is 29.6 Å². The zero-order valence-corrected chi connectivity index (χ0v) is 13.1. The maximum atomic E-state index is 13.1. The number of benzene rings is 2. The first kappa shape index (κ1) is 17.7. The number of aromatic hydroxyl groups is 1. The van der Waals surface area contributed by atoms with Crippen LogP contribution < -0.4 is 5.32 Å². The van der Waals surface area contributed by atoms with Crippen molar-refractivity contribution in [2.75, 3.05) is 5.32 Å². The Labute approximate surface area is 140 Å². The van der Waals surface area contributed by atoms with E-state index in [0.29, 0.717) is 0 Å². The van der Waals surface area contributed by atoms with E-state index in [4.69, 9.17) is 16.3 Å². The molecule has 2 aromatic carbocycles. The fourth-order valence-electron chi connectivity index (χ4n) is 1.77. The second kappa shape index (κ2) is 7.27. The van der Waals surface area contributed by atoms with E-state index in [1.807, 2.05) is 0 Å². The van der Waals surface area contributed by atoms with E-state index in [1.54, 1.807) is 0 Å². The molecular formula is C16H12ClF2NO4.